The van der Waals surface area contributed by atoms with Crippen LogP contribution in [0.15, 0.2) is 23.1 Å². The molecule has 1 amide bonds. The first-order valence-electron chi connectivity index (χ1n) is 6.94. The molecule has 0 bridgehead atoms. The second kappa shape index (κ2) is 7.41. The fourth-order valence-corrected chi connectivity index (χ4v) is 3.57. The number of aryl methyl sites for hydroxylation is 1. The van der Waals surface area contributed by atoms with Crippen molar-refractivity contribution in [1.82, 2.24) is 4.72 Å². The van der Waals surface area contributed by atoms with E-state index in [0.717, 1.165) is 12.8 Å². The van der Waals surface area contributed by atoms with Gasteiger partial charge in [0, 0.05) is 17.6 Å². The molecule has 2 atom stereocenters. The Morgan fingerprint density at radius 2 is 2.00 bits per heavy atom. The first-order valence-corrected chi connectivity index (χ1v) is 8.42. The number of rotatable bonds is 4. The molecule has 0 aromatic heterocycles. The summed E-state index contributed by atoms with van der Waals surface area (Å²) < 4.78 is 26.1. The fraction of sp³-hybridized carbons (Fsp3) is 0.500. The van der Waals surface area contributed by atoms with Crippen molar-refractivity contribution in [2.45, 2.75) is 37.1 Å². The van der Waals surface area contributed by atoms with E-state index < -0.39 is 10.0 Å². The van der Waals surface area contributed by atoms with Gasteiger partial charge >= 0.3 is 0 Å². The maximum Gasteiger partial charge on any atom is 0.240 e. The van der Waals surface area contributed by atoms with E-state index in [1.165, 1.54) is 13.1 Å². The topological polar surface area (TPSA) is 101 Å². The number of sulfonamides is 1. The number of nitrogens with one attached hydrogen (secondary N) is 2. The molecule has 1 aromatic rings. The van der Waals surface area contributed by atoms with Crippen LogP contribution in [0.1, 0.15) is 24.8 Å². The normalized spacial score (nSPS) is 21.2. The van der Waals surface area contributed by atoms with Gasteiger partial charge in [-0.05, 0) is 50.9 Å². The number of halogens is 1. The minimum Gasteiger partial charge on any atom is -0.328 e. The highest BCUT2D eigenvalue weighted by atomic mass is 35.5. The lowest BCUT2D eigenvalue weighted by atomic mass is 10.1. The number of benzene rings is 1. The Morgan fingerprint density at radius 3 is 2.55 bits per heavy atom. The van der Waals surface area contributed by atoms with Crippen molar-refractivity contribution in [1.29, 1.82) is 0 Å². The van der Waals surface area contributed by atoms with E-state index in [1.807, 2.05) is 0 Å². The van der Waals surface area contributed by atoms with E-state index >= 15 is 0 Å². The number of hydrogen-bond donors (Lipinski definition) is 3. The molecule has 1 saturated carbocycles. The molecule has 22 heavy (non-hydrogen) atoms. The van der Waals surface area contributed by atoms with Gasteiger partial charge in [-0.25, -0.2) is 13.1 Å². The van der Waals surface area contributed by atoms with Crippen LogP contribution in [0.2, 0.25) is 0 Å². The summed E-state index contributed by atoms with van der Waals surface area (Å²) in [5.41, 5.74) is 6.92. The summed E-state index contributed by atoms with van der Waals surface area (Å²) in [7, 11) is -2.18. The molecule has 6 nitrogen and oxygen atoms in total. The average Bonchev–Trinajstić information content (AvgIpc) is 2.87. The van der Waals surface area contributed by atoms with E-state index in [0.29, 0.717) is 17.7 Å². The van der Waals surface area contributed by atoms with Crippen molar-refractivity contribution in [3.05, 3.63) is 23.8 Å². The largest absolute Gasteiger partial charge is 0.328 e. The fourth-order valence-electron chi connectivity index (χ4n) is 2.58. The number of carbonyl (C=O) groups is 1. The van der Waals surface area contributed by atoms with Gasteiger partial charge in [-0.1, -0.05) is 6.07 Å². The molecule has 0 heterocycles. The summed E-state index contributed by atoms with van der Waals surface area (Å²) in [5.74, 6) is -0.190. The summed E-state index contributed by atoms with van der Waals surface area (Å²) in [6.07, 6.45) is 2.31. The molecular weight excluding hydrogens is 326 g/mol. The zero-order chi connectivity index (χ0) is 15.6. The lowest BCUT2D eigenvalue weighted by Crippen LogP contribution is -2.24. The van der Waals surface area contributed by atoms with Crippen LogP contribution in [0.3, 0.4) is 0 Å². The van der Waals surface area contributed by atoms with E-state index in [2.05, 4.69) is 10.0 Å². The van der Waals surface area contributed by atoms with Gasteiger partial charge in [-0.15, -0.1) is 12.4 Å². The monoisotopic (exact) mass is 347 g/mol. The molecular formula is C14H22ClN3O3S. The van der Waals surface area contributed by atoms with Crippen LogP contribution < -0.4 is 15.8 Å². The van der Waals surface area contributed by atoms with Gasteiger partial charge in [0.2, 0.25) is 15.9 Å². The van der Waals surface area contributed by atoms with Crippen molar-refractivity contribution < 1.29 is 13.2 Å². The second-order valence-electron chi connectivity index (χ2n) is 5.45. The SMILES string of the molecule is CNS(=O)(=O)c1cc(NC(=O)C2CCC(N)C2)ccc1C.Cl. The molecule has 8 heteroatoms. The van der Waals surface area contributed by atoms with Crippen LogP contribution in [-0.2, 0) is 14.8 Å². The van der Waals surface area contributed by atoms with Crippen LogP contribution in [-0.4, -0.2) is 27.4 Å². The molecule has 2 rings (SSSR count). The number of anilines is 1. The maximum absolute atomic E-state index is 12.1. The zero-order valence-corrected chi connectivity index (χ0v) is 14.3. The Morgan fingerprint density at radius 1 is 1.32 bits per heavy atom. The van der Waals surface area contributed by atoms with Gasteiger partial charge in [0.25, 0.3) is 0 Å². The molecule has 1 aliphatic rings. The van der Waals surface area contributed by atoms with Crippen molar-refractivity contribution in [3.63, 3.8) is 0 Å². The summed E-state index contributed by atoms with van der Waals surface area (Å²) in [4.78, 5) is 12.3. The predicted octanol–water partition coefficient (Wildman–Crippen LogP) is 1.39. The molecule has 0 saturated heterocycles. The Balaban J connectivity index is 0.00000242. The Bertz CT molecular complexity index is 649. The van der Waals surface area contributed by atoms with Crippen LogP contribution >= 0.6 is 12.4 Å². The first kappa shape index (κ1) is 18.9. The smallest absolute Gasteiger partial charge is 0.240 e. The molecule has 1 aromatic carbocycles. The standard InChI is InChI=1S/C14H21N3O3S.ClH/c1-9-3-6-12(8-13(9)21(19,20)16-2)17-14(18)10-4-5-11(15)7-10;/h3,6,8,10-11,16H,4-5,7,15H2,1-2H3,(H,17,18);1H. The number of carbonyl (C=O) groups excluding carboxylic acids is 1. The molecule has 1 aliphatic carbocycles. The third kappa shape index (κ3) is 4.19. The van der Waals surface area contributed by atoms with Gasteiger partial charge in [-0.2, -0.15) is 0 Å². The Kier molecular flexibility index (Phi) is 6.37. The van der Waals surface area contributed by atoms with E-state index in [4.69, 9.17) is 5.73 Å². The lowest BCUT2D eigenvalue weighted by Gasteiger charge is -2.13. The number of hydrogen-bond acceptors (Lipinski definition) is 4. The van der Waals surface area contributed by atoms with Crippen molar-refractivity contribution in [2.75, 3.05) is 12.4 Å². The molecule has 0 radical (unpaired) electrons. The van der Waals surface area contributed by atoms with Crippen molar-refractivity contribution >= 4 is 34.0 Å². The van der Waals surface area contributed by atoms with E-state index in [9.17, 15) is 13.2 Å². The average molecular weight is 348 g/mol. The van der Waals surface area contributed by atoms with Crippen molar-refractivity contribution in [2.24, 2.45) is 11.7 Å². The van der Waals surface area contributed by atoms with Gasteiger partial charge in [-0.3, -0.25) is 4.79 Å². The molecule has 1 fully saturated rings. The van der Waals surface area contributed by atoms with Crippen LogP contribution in [0.25, 0.3) is 0 Å². The molecule has 2 unspecified atom stereocenters. The highest BCUT2D eigenvalue weighted by Gasteiger charge is 2.28. The van der Waals surface area contributed by atoms with E-state index in [1.54, 1.807) is 19.1 Å². The number of amides is 1. The maximum atomic E-state index is 12.1. The molecule has 4 N–H and O–H groups in total. The minimum atomic E-state index is -3.54. The lowest BCUT2D eigenvalue weighted by molar-refractivity contribution is -0.119. The third-order valence-electron chi connectivity index (χ3n) is 3.86. The summed E-state index contributed by atoms with van der Waals surface area (Å²) in [6.45, 7) is 1.71. The van der Waals surface area contributed by atoms with Gasteiger partial charge in [0.05, 0.1) is 4.90 Å². The van der Waals surface area contributed by atoms with Crippen LogP contribution in [0, 0.1) is 12.8 Å². The Labute approximate surface area is 137 Å². The van der Waals surface area contributed by atoms with Gasteiger partial charge < -0.3 is 11.1 Å². The third-order valence-corrected chi connectivity index (χ3v) is 5.41. The van der Waals surface area contributed by atoms with E-state index in [-0.39, 0.29) is 35.2 Å². The Hall–Kier alpha value is -1.15. The highest BCUT2D eigenvalue weighted by molar-refractivity contribution is 7.89. The minimum absolute atomic E-state index is 0. The van der Waals surface area contributed by atoms with Gasteiger partial charge in [0.15, 0.2) is 0 Å². The predicted molar refractivity (Wildman–Crippen MR) is 88.6 cm³/mol. The zero-order valence-electron chi connectivity index (χ0n) is 12.6. The molecule has 124 valence electrons. The second-order valence-corrected chi connectivity index (χ2v) is 7.30. The first-order chi connectivity index (χ1) is 9.83. The number of nitrogens with two attached hydrogens (primary N) is 1. The van der Waals surface area contributed by atoms with Crippen molar-refractivity contribution in [3.8, 4) is 0 Å². The van der Waals surface area contributed by atoms with Crippen LogP contribution in [0.5, 0.6) is 0 Å². The quantitative estimate of drug-likeness (QED) is 0.766. The summed E-state index contributed by atoms with van der Waals surface area (Å²) in [5, 5.41) is 2.78. The summed E-state index contributed by atoms with van der Waals surface area (Å²) in [6, 6.07) is 4.95. The highest BCUT2D eigenvalue weighted by Crippen LogP contribution is 2.26. The van der Waals surface area contributed by atoms with Crippen LogP contribution in [0.4, 0.5) is 5.69 Å². The summed E-state index contributed by atoms with van der Waals surface area (Å²) >= 11 is 0. The molecule has 0 spiro atoms. The molecule has 0 aliphatic heterocycles. The van der Waals surface area contributed by atoms with Gasteiger partial charge in [0.1, 0.15) is 0 Å².